The highest BCUT2D eigenvalue weighted by atomic mass is 32.2. The van der Waals surface area contributed by atoms with Gasteiger partial charge in [0.1, 0.15) is 0 Å². The van der Waals surface area contributed by atoms with Gasteiger partial charge < -0.3 is 10.2 Å². The van der Waals surface area contributed by atoms with Gasteiger partial charge in [-0.3, -0.25) is 4.98 Å². The van der Waals surface area contributed by atoms with Crippen LogP contribution in [0.2, 0.25) is 0 Å². The van der Waals surface area contributed by atoms with Crippen molar-refractivity contribution in [2.75, 3.05) is 18.6 Å². The van der Waals surface area contributed by atoms with Crippen molar-refractivity contribution >= 4 is 17.6 Å². The minimum atomic E-state index is 0.589. The van der Waals surface area contributed by atoms with Gasteiger partial charge in [-0.15, -0.1) is 11.8 Å². The van der Waals surface area contributed by atoms with E-state index in [1.807, 2.05) is 11.8 Å². The van der Waals surface area contributed by atoms with E-state index in [2.05, 4.69) is 15.4 Å². The van der Waals surface area contributed by atoms with E-state index < -0.39 is 0 Å². The number of ether oxygens (including phenoxy) is 1. The Labute approximate surface area is 86.4 Å². The molecule has 2 rings (SSSR count). The maximum absolute atomic E-state index is 5.18. The van der Waals surface area contributed by atoms with E-state index in [4.69, 9.17) is 10.6 Å². The number of hydrogen-bond donors (Lipinski definition) is 2. The molecule has 1 saturated heterocycles. The molecule has 0 radical (unpaired) electrons. The summed E-state index contributed by atoms with van der Waals surface area (Å²) in [6.07, 6.45) is 3.37. The highest BCUT2D eigenvalue weighted by Crippen LogP contribution is 2.22. The predicted octanol–water partition coefficient (Wildman–Crippen LogP) is 0.394. The first kappa shape index (κ1) is 9.70. The number of hydrazine groups is 1. The Hall–Kier alpha value is -0.850. The largest absolute Gasteiger partial charge is 0.379 e. The Kier molecular flexibility index (Phi) is 3.18. The monoisotopic (exact) mass is 212 g/mol. The van der Waals surface area contributed by atoms with Gasteiger partial charge in [0.2, 0.25) is 0 Å². The van der Waals surface area contributed by atoms with Crippen LogP contribution >= 0.6 is 11.8 Å². The fourth-order valence-electron chi connectivity index (χ4n) is 1.02. The second-order valence-corrected chi connectivity index (χ2v) is 4.30. The Bertz CT molecular complexity index is 288. The average molecular weight is 212 g/mol. The Morgan fingerprint density at radius 1 is 1.50 bits per heavy atom. The number of aromatic nitrogens is 2. The zero-order chi connectivity index (χ0) is 9.80. The maximum Gasteiger partial charge on any atom is 0.158 e. The summed E-state index contributed by atoms with van der Waals surface area (Å²) in [5.74, 6) is 6.65. The molecule has 0 amide bonds. The van der Waals surface area contributed by atoms with Crippen LogP contribution in [0.1, 0.15) is 5.69 Å². The number of nitrogen functional groups attached to an aromatic ring is 1. The second-order valence-electron chi connectivity index (χ2n) is 3.01. The van der Waals surface area contributed by atoms with E-state index in [9.17, 15) is 0 Å². The van der Waals surface area contributed by atoms with Gasteiger partial charge >= 0.3 is 0 Å². The lowest BCUT2D eigenvalue weighted by molar-refractivity contribution is 0.0455. The standard InChI is InChI=1S/C8H12N4OS/c9-12-8-2-10-6(1-11-8)5-14-7-3-13-4-7/h1-2,7H,3-5,9H2,(H,11,12). The van der Waals surface area contributed by atoms with E-state index >= 15 is 0 Å². The van der Waals surface area contributed by atoms with Gasteiger partial charge in [0.05, 0.1) is 36.6 Å². The van der Waals surface area contributed by atoms with Crippen molar-refractivity contribution in [3.63, 3.8) is 0 Å². The van der Waals surface area contributed by atoms with Gasteiger partial charge in [-0.25, -0.2) is 10.8 Å². The van der Waals surface area contributed by atoms with Crippen LogP contribution in [-0.4, -0.2) is 28.4 Å². The number of thioether (sulfide) groups is 1. The van der Waals surface area contributed by atoms with Crippen molar-refractivity contribution in [1.82, 2.24) is 9.97 Å². The molecule has 0 aromatic carbocycles. The van der Waals surface area contributed by atoms with E-state index in [1.54, 1.807) is 12.4 Å². The lowest BCUT2D eigenvalue weighted by Gasteiger charge is -2.24. The van der Waals surface area contributed by atoms with Crippen LogP contribution in [0.3, 0.4) is 0 Å². The van der Waals surface area contributed by atoms with E-state index in [0.29, 0.717) is 11.1 Å². The third-order valence-corrected chi connectivity index (χ3v) is 3.13. The van der Waals surface area contributed by atoms with Crippen molar-refractivity contribution in [1.29, 1.82) is 0 Å². The summed E-state index contributed by atoms with van der Waals surface area (Å²) in [5.41, 5.74) is 3.41. The smallest absolute Gasteiger partial charge is 0.158 e. The Morgan fingerprint density at radius 3 is 2.86 bits per heavy atom. The molecule has 1 aromatic rings. The fourth-order valence-corrected chi connectivity index (χ4v) is 1.96. The molecule has 1 fully saturated rings. The fraction of sp³-hybridized carbons (Fsp3) is 0.500. The molecule has 1 aromatic heterocycles. The van der Waals surface area contributed by atoms with Gasteiger partial charge in [-0.2, -0.15) is 0 Å². The van der Waals surface area contributed by atoms with Crippen LogP contribution < -0.4 is 11.3 Å². The third-order valence-electron chi connectivity index (χ3n) is 1.93. The zero-order valence-electron chi connectivity index (χ0n) is 7.64. The molecule has 6 heteroatoms. The van der Waals surface area contributed by atoms with Gasteiger partial charge in [-0.1, -0.05) is 0 Å². The Morgan fingerprint density at radius 2 is 2.36 bits per heavy atom. The van der Waals surface area contributed by atoms with E-state index in [-0.39, 0.29) is 0 Å². The van der Waals surface area contributed by atoms with Crippen LogP contribution in [0, 0.1) is 0 Å². The number of hydrogen-bond acceptors (Lipinski definition) is 6. The van der Waals surface area contributed by atoms with Crippen LogP contribution in [0.4, 0.5) is 5.82 Å². The number of nitrogens with two attached hydrogens (primary N) is 1. The SMILES string of the molecule is NNc1cnc(CSC2COC2)cn1. The van der Waals surface area contributed by atoms with Crippen molar-refractivity contribution in [3.05, 3.63) is 18.1 Å². The van der Waals surface area contributed by atoms with Crippen LogP contribution in [0.15, 0.2) is 12.4 Å². The van der Waals surface area contributed by atoms with Crippen molar-refractivity contribution in [2.24, 2.45) is 5.84 Å². The molecule has 0 aliphatic carbocycles. The van der Waals surface area contributed by atoms with Crippen LogP contribution in [0.5, 0.6) is 0 Å². The quantitative estimate of drug-likeness (QED) is 0.556. The molecule has 1 aliphatic rings. The van der Waals surface area contributed by atoms with Gasteiger partial charge in [0.15, 0.2) is 5.82 Å². The lowest BCUT2D eigenvalue weighted by Crippen LogP contribution is -2.30. The first-order valence-electron chi connectivity index (χ1n) is 4.35. The number of anilines is 1. The summed E-state index contributed by atoms with van der Waals surface area (Å²) in [7, 11) is 0. The molecule has 0 bridgehead atoms. The molecule has 76 valence electrons. The summed E-state index contributed by atoms with van der Waals surface area (Å²) in [5, 5.41) is 0.629. The maximum atomic E-state index is 5.18. The third kappa shape index (κ3) is 2.34. The number of nitrogens with zero attached hydrogens (tertiary/aromatic N) is 2. The molecule has 0 spiro atoms. The molecular formula is C8H12N4OS. The normalized spacial score (nSPS) is 16.4. The van der Waals surface area contributed by atoms with Crippen molar-refractivity contribution < 1.29 is 4.74 Å². The zero-order valence-corrected chi connectivity index (χ0v) is 8.46. The molecule has 3 N–H and O–H groups in total. The van der Waals surface area contributed by atoms with E-state index in [0.717, 1.165) is 24.7 Å². The molecule has 5 nitrogen and oxygen atoms in total. The minimum absolute atomic E-state index is 0.589. The summed E-state index contributed by atoms with van der Waals surface area (Å²) < 4.78 is 5.08. The summed E-state index contributed by atoms with van der Waals surface area (Å²) in [6, 6.07) is 0. The Balaban J connectivity index is 1.83. The molecule has 0 saturated carbocycles. The molecule has 14 heavy (non-hydrogen) atoms. The van der Waals surface area contributed by atoms with Crippen LogP contribution in [-0.2, 0) is 10.5 Å². The molecule has 0 unspecified atom stereocenters. The first-order valence-corrected chi connectivity index (χ1v) is 5.40. The second kappa shape index (κ2) is 4.59. The molecule has 0 atom stereocenters. The van der Waals surface area contributed by atoms with Crippen molar-refractivity contribution in [2.45, 2.75) is 11.0 Å². The highest BCUT2D eigenvalue weighted by Gasteiger charge is 2.18. The molecule has 2 heterocycles. The molecular weight excluding hydrogens is 200 g/mol. The van der Waals surface area contributed by atoms with Gasteiger partial charge in [0, 0.05) is 5.75 Å². The lowest BCUT2D eigenvalue weighted by atomic mass is 10.4. The number of rotatable bonds is 4. The van der Waals surface area contributed by atoms with E-state index in [1.165, 1.54) is 0 Å². The molecule has 1 aliphatic heterocycles. The van der Waals surface area contributed by atoms with Crippen molar-refractivity contribution in [3.8, 4) is 0 Å². The summed E-state index contributed by atoms with van der Waals surface area (Å²) in [6.45, 7) is 1.72. The van der Waals surface area contributed by atoms with Crippen LogP contribution in [0.25, 0.3) is 0 Å². The van der Waals surface area contributed by atoms with Gasteiger partial charge in [0.25, 0.3) is 0 Å². The number of nitrogens with one attached hydrogen (secondary N) is 1. The van der Waals surface area contributed by atoms with Gasteiger partial charge in [-0.05, 0) is 0 Å². The highest BCUT2D eigenvalue weighted by molar-refractivity contribution is 7.99. The topological polar surface area (TPSA) is 73.1 Å². The average Bonchev–Trinajstić information content (AvgIpc) is 2.16. The first-order chi connectivity index (χ1) is 6.88. The minimum Gasteiger partial charge on any atom is -0.379 e. The summed E-state index contributed by atoms with van der Waals surface area (Å²) in [4.78, 5) is 8.29. The summed E-state index contributed by atoms with van der Waals surface area (Å²) >= 11 is 1.85. The predicted molar refractivity (Wildman–Crippen MR) is 55.7 cm³/mol.